The number of pyridine rings is 2. The molecular weight excluding hydrogens is 426 g/mol. The van der Waals surface area contributed by atoms with Gasteiger partial charge in [-0.2, -0.15) is 0 Å². The molecule has 2 heterocycles. The number of benzene rings is 2. The molecule has 4 aromatic rings. The van der Waals surface area contributed by atoms with E-state index in [9.17, 15) is 18.0 Å². The standard InChI is InChI=1S/C24H21N3O4S/c1-16-8-11-18(12-9-16)26-22(28)15-27-14-21(32(30,31)19-6-4-3-5-7-19)23(29)20-13-10-17(2)25-24(20)27/h3-14H,15H2,1-2H3,(H,26,28). The van der Waals surface area contributed by atoms with Crippen molar-refractivity contribution in [1.82, 2.24) is 9.55 Å². The van der Waals surface area contributed by atoms with E-state index < -0.39 is 20.2 Å². The first-order chi connectivity index (χ1) is 15.3. The number of hydrogen-bond acceptors (Lipinski definition) is 5. The normalized spacial score (nSPS) is 11.4. The Morgan fingerprint density at radius 1 is 0.969 bits per heavy atom. The van der Waals surface area contributed by atoms with E-state index in [2.05, 4.69) is 10.3 Å². The number of nitrogens with zero attached hydrogens (tertiary/aromatic N) is 2. The molecule has 1 N–H and O–H groups in total. The first-order valence-electron chi connectivity index (χ1n) is 9.93. The van der Waals surface area contributed by atoms with Gasteiger partial charge < -0.3 is 9.88 Å². The predicted octanol–water partition coefficient (Wildman–Crippen LogP) is 3.48. The van der Waals surface area contributed by atoms with Crippen molar-refractivity contribution < 1.29 is 13.2 Å². The van der Waals surface area contributed by atoms with Gasteiger partial charge in [0.05, 0.1) is 10.3 Å². The molecule has 2 aromatic carbocycles. The highest BCUT2D eigenvalue weighted by Crippen LogP contribution is 2.21. The number of rotatable bonds is 5. The quantitative estimate of drug-likeness (QED) is 0.505. The van der Waals surface area contributed by atoms with Gasteiger partial charge in [0.15, 0.2) is 0 Å². The van der Waals surface area contributed by atoms with Gasteiger partial charge in [-0.1, -0.05) is 35.9 Å². The molecule has 2 aromatic heterocycles. The van der Waals surface area contributed by atoms with E-state index >= 15 is 0 Å². The third-order valence-corrected chi connectivity index (χ3v) is 6.78. The third kappa shape index (κ3) is 4.17. The highest BCUT2D eigenvalue weighted by atomic mass is 32.2. The van der Waals surface area contributed by atoms with Gasteiger partial charge in [-0.05, 0) is 50.2 Å². The number of sulfone groups is 1. The molecule has 0 saturated heterocycles. The molecule has 0 aliphatic carbocycles. The maximum Gasteiger partial charge on any atom is 0.244 e. The molecule has 8 heteroatoms. The van der Waals surface area contributed by atoms with Gasteiger partial charge >= 0.3 is 0 Å². The summed E-state index contributed by atoms with van der Waals surface area (Å²) in [4.78, 5) is 29.8. The Balaban J connectivity index is 1.81. The van der Waals surface area contributed by atoms with Gasteiger partial charge in [0, 0.05) is 17.6 Å². The minimum absolute atomic E-state index is 0.00665. The first-order valence-corrected chi connectivity index (χ1v) is 11.4. The zero-order valence-corrected chi connectivity index (χ0v) is 18.4. The highest BCUT2D eigenvalue weighted by molar-refractivity contribution is 7.91. The average Bonchev–Trinajstić information content (AvgIpc) is 2.77. The summed E-state index contributed by atoms with van der Waals surface area (Å²) in [6.45, 7) is 3.49. The van der Waals surface area contributed by atoms with Crippen LogP contribution in [0.4, 0.5) is 5.69 Å². The molecule has 162 valence electrons. The molecule has 4 rings (SSSR count). The number of carbonyl (C=O) groups is 1. The van der Waals surface area contributed by atoms with Gasteiger partial charge in [-0.25, -0.2) is 13.4 Å². The lowest BCUT2D eigenvalue weighted by atomic mass is 10.2. The van der Waals surface area contributed by atoms with Crippen molar-refractivity contribution in [2.75, 3.05) is 5.32 Å². The Hall–Kier alpha value is -3.78. The maximum atomic E-state index is 13.2. The van der Waals surface area contributed by atoms with Crippen LogP contribution in [0, 0.1) is 13.8 Å². The molecule has 0 spiro atoms. The SMILES string of the molecule is Cc1ccc(NC(=O)Cn2cc(S(=O)(=O)c3ccccc3)c(=O)c3ccc(C)nc32)cc1. The second-order valence-corrected chi connectivity index (χ2v) is 9.42. The average molecular weight is 448 g/mol. The molecule has 0 saturated carbocycles. The Kier molecular flexibility index (Phi) is 5.63. The molecule has 0 atom stereocenters. The van der Waals surface area contributed by atoms with E-state index in [0.29, 0.717) is 11.4 Å². The Morgan fingerprint density at radius 2 is 1.66 bits per heavy atom. The van der Waals surface area contributed by atoms with E-state index in [1.807, 2.05) is 19.1 Å². The Labute approximate surface area is 185 Å². The van der Waals surface area contributed by atoms with Crippen molar-refractivity contribution in [2.45, 2.75) is 30.2 Å². The van der Waals surface area contributed by atoms with Crippen molar-refractivity contribution in [3.05, 3.63) is 94.4 Å². The molecule has 1 amide bonds. The summed E-state index contributed by atoms with van der Waals surface area (Å²) >= 11 is 0. The molecule has 0 unspecified atom stereocenters. The summed E-state index contributed by atoms with van der Waals surface area (Å²) in [6, 6.07) is 18.2. The molecule has 0 aliphatic heterocycles. The molecule has 0 bridgehead atoms. The van der Waals surface area contributed by atoms with Gasteiger partial charge in [-0.15, -0.1) is 0 Å². The van der Waals surface area contributed by atoms with Gasteiger partial charge in [0.25, 0.3) is 0 Å². The first kappa shape index (κ1) is 21.5. The van der Waals surface area contributed by atoms with Crippen LogP contribution in [0.1, 0.15) is 11.3 Å². The van der Waals surface area contributed by atoms with Crippen LogP contribution in [0.25, 0.3) is 11.0 Å². The summed E-state index contributed by atoms with van der Waals surface area (Å²) in [5.74, 6) is -0.370. The fraction of sp³-hybridized carbons (Fsp3) is 0.125. The topological polar surface area (TPSA) is 98.1 Å². The van der Waals surface area contributed by atoms with Crippen molar-refractivity contribution >= 4 is 32.5 Å². The molecular formula is C24H21N3O4S. The molecule has 0 aliphatic rings. The Bertz CT molecular complexity index is 1480. The number of aryl methyl sites for hydroxylation is 2. The van der Waals surface area contributed by atoms with Crippen molar-refractivity contribution in [2.24, 2.45) is 0 Å². The van der Waals surface area contributed by atoms with E-state index in [1.54, 1.807) is 49.4 Å². The number of anilines is 1. The second kappa shape index (κ2) is 8.39. The summed E-state index contributed by atoms with van der Waals surface area (Å²) in [6.07, 6.45) is 1.20. The van der Waals surface area contributed by atoms with Crippen LogP contribution < -0.4 is 10.7 Å². The van der Waals surface area contributed by atoms with Gasteiger partial charge in [0.2, 0.25) is 21.2 Å². The van der Waals surface area contributed by atoms with Crippen molar-refractivity contribution in [3.8, 4) is 0 Å². The minimum Gasteiger partial charge on any atom is -0.325 e. The number of fused-ring (bicyclic) bond motifs is 1. The van der Waals surface area contributed by atoms with Gasteiger partial charge in [0.1, 0.15) is 17.1 Å². The number of nitrogens with one attached hydrogen (secondary N) is 1. The van der Waals surface area contributed by atoms with Crippen LogP contribution >= 0.6 is 0 Å². The van der Waals surface area contributed by atoms with E-state index in [1.165, 1.54) is 22.9 Å². The summed E-state index contributed by atoms with van der Waals surface area (Å²) < 4.78 is 27.8. The van der Waals surface area contributed by atoms with Crippen LogP contribution in [0.5, 0.6) is 0 Å². The fourth-order valence-electron chi connectivity index (χ4n) is 3.36. The van der Waals surface area contributed by atoms with Crippen LogP contribution in [0.3, 0.4) is 0 Å². The van der Waals surface area contributed by atoms with Crippen LogP contribution in [-0.2, 0) is 21.2 Å². The minimum atomic E-state index is -4.09. The van der Waals surface area contributed by atoms with Gasteiger partial charge in [-0.3, -0.25) is 9.59 Å². The smallest absolute Gasteiger partial charge is 0.244 e. The maximum absolute atomic E-state index is 13.2. The van der Waals surface area contributed by atoms with Crippen LogP contribution in [-0.4, -0.2) is 23.9 Å². The zero-order valence-electron chi connectivity index (χ0n) is 17.6. The lowest BCUT2D eigenvalue weighted by Gasteiger charge is -2.14. The molecule has 32 heavy (non-hydrogen) atoms. The second-order valence-electron chi connectivity index (χ2n) is 7.50. The van der Waals surface area contributed by atoms with Crippen molar-refractivity contribution in [1.29, 1.82) is 0 Å². The van der Waals surface area contributed by atoms with E-state index in [0.717, 1.165) is 5.56 Å². The number of aromatic nitrogens is 2. The van der Waals surface area contributed by atoms with E-state index in [-0.39, 0.29) is 28.4 Å². The summed E-state index contributed by atoms with van der Waals surface area (Å²) in [7, 11) is -4.09. The summed E-state index contributed by atoms with van der Waals surface area (Å²) in [5, 5.41) is 2.92. The number of amides is 1. The number of carbonyl (C=O) groups excluding carboxylic acids is 1. The molecule has 0 fully saturated rings. The van der Waals surface area contributed by atoms with E-state index in [4.69, 9.17) is 0 Å². The lowest BCUT2D eigenvalue weighted by molar-refractivity contribution is -0.116. The highest BCUT2D eigenvalue weighted by Gasteiger charge is 2.24. The molecule has 0 radical (unpaired) electrons. The monoisotopic (exact) mass is 447 g/mol. The van der Waals surface area contributed by atoms with Crippen molar-refractivity contribution in [3.63, 3.8) is 0 Å². The van der Waals surface area contributed by atoms with Crippen LogP contribution in [0.15, 0.2) is 87.5 Å². The third-order valence-electron chi connectivity index (χ3n) is 5.02. The fourth-order valence-corrected chi connectivity index (χ4v) is 4.75. The largest absolute Gasteiger partial charge is 0.325 e. The van der Waals surface area contributed by atoms with Crippen LogP contribution in [0.2, 0.25) is 0 Å². The zero-order chi connectivity index (χ0) is 22.9. The Morgan fingerprint density at radius 3 is 2.34 bits per heavy atom. The number of hydrogen-bond donors (Lipinski definition) is 1. The lowest BCUT2D eigenvalue weighted by Crippen LogP contribution is -2.24. The molecule has 7 nitrogen and oxygen atoms in total. The predicted molar refractivity (Wildman–Crippen MR) is 122 cm³/mol. The summed E-state index contributed by atoms with van der Waals surface area (Å²) in [5.41, 5.74) is 1.92.